The van der Waals surface area contributed by atoms with E-state index in [0.717, 1.165) is 0 Å². The molecule has 5 N–H and O–H groups in total. The van der Waals surface area contributed by atoms with Crippen LogP contribution in [0.4, 0.5) is 0 Å². The van der Waals surface area contributed by atoms with Crippen LogP contribution in [0.3, 0.4) is 0 Å². The van der Waals surface area contributed by atoms with E-state index in [-0.39, 0.29) is 30.9 Å². The third kappa shape index (κ3) is 9.80. The van der Waals surface area contributed by atoms with Gasteiger partial charge in [0, 0.05) is 31.5 Å². The minimum Gasteiger partial charge on any atom is -0.459 e. The van der Waals surface area contributed by atoms with Gasteiger partial charge in [0.25, 0.3) is 0 Å². The number of nitrogens with zero attached hydrogens (tertiary/aromatic N) is 2. The van der Waals surface area contributed by atoms with Gasteiger partial charge in [0.15, 0.2) is 6.29 Å². The van der Waals surface area contributed by atoms with Gasteiger partial charge >= 0.3 is 5.97 Å². The van der Waals surface area contributed by atoms with Crippen LogP contribution in [0.15, 0.2) is 0 Å². The summed E-state index contributed by atoms with van der Waals surface area (Å²) in [6.07, 6.45) is -5.79. The van der Waals surface area contributed by atoms with Gasteiger partial charge in [0.2, 0.25) is 5.91 Å². The topological polar surface area (TPSA) is 170 Å². The van der Waals surface area contributed by atoms with Crippen LogP contribution in [-0.4, -0.2) is 136 Å². The normalized spacial score (nSPS) is 45.0. The predicted molar refractivity (Wildman–Crippen MR) is 168 cm³/mol. The lowest BCUT2D eigenvalue weighted by Crippen LogP contribution is -2.59. The number of amides is 1. The van der Waals surface area contributed by atoms with Crippen molar-refractivity contribution in [3.8, 4) is 0 Å². The first kappa shape index (κ1) is 39.8. The van der Waals surface area contributed by atoms with Crippen molar-refractivity contribution < 1.29 is 49.1 Å². The van der Waals surface area contributed by atoms with E-state index in [1.54, 1.807) is 34.6 Å². The fraction of sp³-hybridized carbons (Fsp3) is 0.938. The van der Waals surface area contributed by atoms with Gasteiger partial charge in [-0.15, -0.1) is 0 Å². The number of carbonyl (C=O) groups excluding carboxylic acids is 2. The highest BCUT2D eigenvalue weighted by Crippen LogP contribution is 2.37. The predicted octanol–water partition coefficient (Wildman–Crippen LogP) is 1.05. The summed E-state index contributed by atoms with van der Waals surface area (Å²) >= 11 is 0. The molecule has 2 rings (SSSR count). The molecule has 2 fully saturated rings. The molecule has 2 saturated heterocycles. The second-order valence-corrected chi connectivity index (χ2v) is 14.4. The largest absolute Gasteiger partial charge is 0.459 e. The molecule has 1 amide bonds. The number of aliphatic hydroxyl groups excluding tert-OH is 2. The monoisotopic (exact) mass is 647 g/mol. The second kappa shape index (κ2) is 16.1. The minimum absolute atomic E-state index is 0.134. The first-order chi connectivity index (χ1) is 20.6. The van der Waals surface area contributed by atoms with Gasteiger partial charge in [-0.3, -0.25) is 14.4 Å². The van der Waals surface area contributed by atoms with Crippen molar-refractivity contribution in [3.63, 3.8) is 0 Å². The van der Waals surface area contributed by atoms with Gasteiger partial charge in [-0.05, 0) is 80.9 Å². The van der Waals surface area contributed by atoms with Crippen LogP contribution in [-0.2, 0) is 28.6 Å². The summed E-state index contributed by atoms with van der Waals surface area (Å²) in [5, 5.41) is 46.3. The number of ether oxygens (including phenoxy) is 3. The Balaban J connectivity index is 2.66. The first-order valence-corrected chi connectivity index (χ1v) is 16.3. The van der Waals surface area contributed by atoms with Crippen LogP contribution in [0.2, 0.25) is 0 Å². The molecule has 2 aliphatic rings. The lowest BCUT2D eigenvalue weighted by Gasteiger charge is -2.47. The SMILES string of the molecule is CC[C@H]1OC(=O)[C@H](C)[C@@H](ONC(C)=O)[C@H](C)[C@@H](O[C@@H]2OC(C)CC(N(C)C)C2O)[C@](C)(O)C[C@@H](C)CN(C)[C@H](C)[C@@H](O)[C@]1(C)O. The maximum absolute atomic E-state index is 13.7. The number of rotatable bonds is 6. The Morgan fingerprint density at radius 1 is 1.13 bits per heavy atom. The molecule has 264 valence electrons. The fourth-order valence-corrected chi connectivity index (χ4v) is 7.09. The molecule has 0 spiro atoms. The van der Waals surface area contributed by atoms with Crippen molar-refractivity contribution in [1.82, 2.24) is 15.3 Å². The second-order valence-electron chi connectivity index (χ2n) is 14.4. The minimum atomic E-state index is -1.79. The van der Waals surface area contributed by atoms with Gasteiger partial charge in [-0.1, -0.05) is 20.8 Å². The molecular formula is C32H61N3O10. The highest BCUT2D eigenvalue weighted by atomic mass is 16.7. The first-order valence-electron chi connectivity index (χ1n) is 16.3. The molecule has 0 aromatic rings. The van der Waals surface area contributed by atoms with E-state index >= 15 is 0 Å². The van der Waals surface area contributed by atoms with Crippen molar-refractivity contribution in [1.29, 1.82) is 0 Å². The zero-order valence-electron chi connectivity index (χ0n) is 29.4. The van der Waals surface area contributed by atoms with Crippen molar-refractivity contribution in [2.24, 2.45) is 17.8 Å². The van der Waals surface area contributed by atoms with E-state index in [1.807, 2.05) is 44.8 Å². The number of carbonyl (C=O) groups is 2. The van der Waals surface area contributed by atoms with Crippen LogP contribution in [0.25, 0.3) is 0 Å². The number of esters is 1. The molecule has 3 unspecified atom stereocenters. The molecule has 2 aliphatic heterocycles. The zero-order valence-corrected chi connectivity index (χ0v) is 29.4. The van der Waals surface area contributed by atoms with Crippen molar-refractivity contribution >= 4 is 11.9 Å². The Kier molecular flexibility index (Phi) is 14.2. The van der Waals surface area contributed by atoms with Gasteiger partial charge in [0.1, 0.15) is 30.0 Å². The van der Waals surface area contributed by atoms with E-state index in [9.17, 15) is 30.0 Å². The third-order valence-corrected chi connectivity index (χ3v) is 9.76. The van der Waals surface area contributed by atoms with Crippen LogP contribution in [0.1, 0.15) is 81.6 Å². The number of hydroxylamine groups is 1. The molecule has 0 bridgehead atoms. The number of hydrogen-bond acceptors (Lipinski definition) is 12. The number of aliphatic hydroxyl groups is 4. The molecule has 0 saturated carbocycles. The van der Waals surface area contributed by atoms with Crippen LogP contribution in [0.5, 0.6) is 0 Å². The summed E-state index contributed by atoms with van der Waals surface area (Å²) in [6, 6.07) is -0.791. The smallest absolute Gasteiger partial charge is 0.311 e. The number of likely N-dealkylation sites (N-methyl/N-ethyl adjacent to an activating group) is 2. The van der Waals surface area contributed by atoms with Crippen molar-refractivity contribution in [2.75, 3.05) is 27.7 Å². The summed E-state index contributed by atoms with van der Waals surface area (Å²) in [5.74, 6) is -3.15. The average molecular weight is 648 g/mol. The van der Waals surface area contributed by atoms with E-state index in [1.165, 1.54) is 13.8 Å². The van der Waals surface area contributed by atoms with Crippen LogP contribution < -0.4 is 5.48 Å². The van der Waals surface area contributed by atoms with E-state index in [0.29, 0.717) is 13.0 Å². The van der Waals surface area contributed by atoms with Crippen molar-refractivity contribution in [2.45, 2.75) is 148 Å². The molecule has 45 heavy (non-hydrogen) atoms. The third-order valence-electron chi connectivity index (χ3n) is 9.76. The van der Waals surface area contributed by atoms with Crippen LogP contribution >= 0.6 is 0 Å². The molecule has 0 aromatic carbocycles. The fourth-order valence-electron chi connectivity index (χ4n) is 7.09. The van der Waals surface area contributed by atoms with Crippen LogP contribution in [0, 0.1) is 17.8 Å². The Labute approximate surface area is 269 Å². The van der Waals surface area contributed by atoms with E-state index < -0.39 is 77.8 Å². The summed E-state index contributed by atoms with van der Waals surface area (Å²) in [7, 11) is 5.56. The molecular weight excluding hydrogens is 586 g/mol. The molecule has 0 aliphatic carbocycles. The summed E-state index contributed by atoms with van der Waals surface area (Å²) in [4.78, 5) is 35.3. The molecule has 2 heterocycles. The Hall–Kier alpha value is -1.42. The highest BCUT2D eigenvalue weighted by Gasteiger charge is 2.50. The maximum Gasteiger partial charge on any atom is 0.311 e. The maximum atomic E-state index is 13.7. The summed E-state index contributed by atoms with van der Waals surface area (Å²) in [5.41, 5.74) is -0.997. The molecule has 0 radical (unpaired) electrons. The molecule has 14 atom stereocenters. The summed E-state index contributed by atoms with van der Waals surface area (Å²) in [6.45, 7) is 15.5. The molecule has 13 nitrogen and oxygen atoms in total. The van der Waals surface area contributed by atoms with Gasteiger partial charge in [-0.25, -0.2) is 5.48 Å². The Morgan fingerprint density at radius 2 is 1.73 bits per heavy atom. The molecule has 0 aromatic heterocycles. The quantitative estimate of drug-likeness (QED) is 0.205. The molecule has 13 heteroatoms. The van der Waals surface area contributed by atoms with E-state index in [2.05, 4.69) is 5.48 Å². The highest BCUT2D eigenvalue weighted by molar-refractivity contribution is 5.73. The number of nitrogens with one attached hydrogen (secondary N) is 1. The lowest BCUT2D eigenvalue weighted by atomic mass is 9.78. The Morgan fingerprint density at radius 3 is 2.27 bits per heavy atom. The van der Waals surface area contributed by atoms with Gasteiger partial charge in [-0.2, -0.15) is 0 Å². The van der Waals surface area contributed by atoms with E-state index in [4.69, 9.17) is 19.0 Å². The standard InChI is InChI=1S/C32H61N3O10/c1-13-24-32(9,41)27(38)21(6)35(12)16-17(2)15-31(8,40)28(44-30-25(37)23(34(10)11)14-18(3)42-30)19(4)26(45-33-22(7)36)20(5)29(39)43-24/h17-21,23-28,30,37-38,40-41H,13-16H2,1-12H3,(H,33,36)/t17-,18?,19+,20-,21-,23?,24-,25?,26+,27-,28-,30+,31-,32-/m1/s1. The van der Waals surface area contributed by atoms with Crippen molar-refractivity contribution in [3.05, 3.63) is 0 Å². The zero-order chi connectivity index (χ0) is 34.6. The lowest BCUT2D eigenvalue weighted by molar-refractivity contribution is -0.301. The average Bonchev–Trinajstić information content (AvgIpc) is 2.93. The van der Waals surface area contributed by atoms with Gasteiger partial charge < -0.3 is 44.4 Å². The van der Waals surface area contributed by atoms with Gasteiger partial charge in [0.05, 0.1) is 23.7 Å². The summed E-state index contributed by atoms with van der Waals surface area (Å²) < 4.78 is 18.4. The number of cyclic esters (lactones) is 1. The number of hydrogen-bond donors (Lipinski definition) is 5. The Bertz CT molecular complexity index is 965.